The van der Waals surface area contributed by atoms with Gasteiger partial charge in [-0.3, -0.25) is 4.55 Å². The van der Waals surface area contributed by atoms with Crippen LogP contribution in [0.2, 0.25) is 0 Å². The van der Waals surface area contributed by atoms with Gasteiger partial charge in [-0.1, -0.05) is 84.9 Å². The molecule has 6 rings (SSSR count). The van der Waals surface area contributed by atoms with Crippen molar-refractivity contribution >= 4 is 48.1 Å². The Bertz CT molecular complexity index is 1690. The quantitative estimate of drug-likeness (QED) is 0.198. The molecule has 5 aromatic rings. The van der Waals surface area contributed by atoms with E-state index < -0.39 is 10.1 Å². The van der Waals surface area contributed by atoms with Crippen molar-refractivity contribution in [2.45, 2.75) is 31.7 Å². The van der Waals surface area contributed by atoms with Gasteiger partial charge in [0.05, 0.1) is 11.8 Å². The van der Waals surface area contributed by atoms with Crippen LogP contribution in [0.5, 0.6) is 0 Å². The zero-order valence-electron chi connectivity index (χ0n) is 20.1. The molecular formula is C31H29NO3S. The van der Waals surface area contributed by atoms with Crippen molar-refractivity contribution in [3.8, 4) is 0 Å². The first-order chi connectivity index (χ1) is 17.5. The Labute approximate surface area is 211 Å². The lowest BCUT2D eigenvalue weighted by molar-refractivity contribution is 0.477. The lowest BCUT2D eigenvalue weighted by Crippen LogP contribution is -2.33. The molecule has 0 fully saturated rings. The summed E-state index contributed by atoms with van der Waals surface area (Å²) in [4.78, 5) is 2.37. The van der Waals surface area contributed by atoms with Crippen molar-refractivity contribution in [3.05, 3.63) is 102 Å². The lowest BCUT2D eigenvalue weighted by atomic mass is 9.82. The van der Waals surface area contributed by atoms with Crippen LogP contribution in [0.25, 0.3) is 32.3 Å². The first-order valence-electron chi connectivity index (χ1n) is 12.6. The van der Waals surface area contributed by atoms with E-state index in [-0.39, 0.29) is 11.8 Å². The summed E-state index contributed by atoms with van der Waals surface area (Å²) in [5, 5.41) is 7.45. The van der Waals surface area contributed by atoms with Gasteiger partial charge in [-0.05, 0) is 69.8 Å². The minimum Gasteiger partial charge on any atom is -0.364 e. The SMILES string of the molecule is O=S(=O)(O)CCCN(c1cccc2ccccc12)C1CCCc2c1ccc1c2ccc2ccccc21. The predicted molar refractivity (Wildman–Crippen MR) is 149 cm³/mol. The second-order valence-electron chi connectivity index (χ2n) is 9.75. The number of hydrogen-bond acceptors (Lipinski definition) is 3. The van der Waals surface area contributed by atoms with Crippen LogP contribution in [0.4, 0.5) is 5.69 Å². The zero-order valence-corrected chi connectivity index (χ0v) is 20.9. The van der Waals surface area contributed by atoms with Crippen molar-refractivity contribution in [1.29, 1.82) is 0 Å². The average Bonchev–Trinajstić information content (AvgIpc) is 2.90. The molecule has 0 saturated heterocycles. The first kappa shape index (κ1) is 23.0. The van der Waals surface area contributed by atoms with Gasteiger partial charge < -0.3 is 4.90 Å². The summed E-state index contributed by atoms with van der Waals surface area (Å²) in [6.45, 7) is 0.549. The highest BCUT2D eigenvalue weighted by Crippen LogP contribution is 2.42. The van der Waals surface area contributed by atoms with Gasteiger partial charge >= 0.3 is 0 Å². The average molecular weight is 496 g/mol. The highest BCUT2D eigenvalue weighted by molar-refractivity contribution is 7.85. The Morgan fingerprint density at radius 3 is 2.25 bits per heavy atom. The largest absolute Gasteiger partial charge is 0.364 e. The summed E-state index contributed by atoms with van der Waals surface area (Å²) in [5.74, 6) is -0.239. The topological polar surface area (TPSA) is 57.6 Å². The minimum atomic E-state index is -4.01. The maximum atomic E-state index is 11.5. The summed E-state index contributed by atoms with van der Waals surface area (Å²) >= 11 is 0. The molecule has 36 heavy (non-hydrogen) atoms. The van der Waals surface area contributed by atoms with E-state index in [9.17, 15) is 13.0 Å². The first-order valence-corrected chi connectivity index (χ1v) is 14.2. The zero-order chi connectivity index (χ0) is 24.7. The van der Waals surface area contributed by atoms with E-state index >= 15 is 0 Å². The lowest BCUT2D eigenvalue weighted by Gasteiger charge is -2.39. The molecule has 0 radical (unpaired) electrons. The van der Waals surface area contributed by atoms with E-state index in [1.807, 2.05) is 6.07 Å². The number of fused-ring (bicyclic) bond motifs is 6. The van der Waals surface area contributed by atoms with E-state index in [0.29, 0.717) is 13.0 Å². The number of aryl methyl sites for hydroxylation is 1. The number of hydrogen-bond donors (Lipinski definition) is 1. The summed E-state index contributed by atoms with van der Waals surface area (Å²) < 4.78 is 32.5. The Hall–Kier alpha value is -3.41. The summed E-state index contributed by atoms with van der Waals surface area (Å²) in [6.07, 6.45) is 3.48. The Kier molecular flexibility index (Phi) is 5.90. The standard InChI is InChI=1S/C31H29NO3S/c33-36(34,35)21-7-20-32(30-14-5-10-22-8-2-4-12-25(22)30)31-15-6-13-26-28-17-16-23-9-1-3-11-24(23)27(28)18-19-29(26)31/h1-5,8-12,14,16-19,31H,6-7,13,15,20-21H2,(H,33,34,35). The molecule has 182 valence electrons. The molecule has 1 aliphatic rings. The molecule has 0 bridgehead atoms. The van der Waals surface area contributed by atoms with Crippen LogP contribution in [0.1, 0.15) is 36.4 Å². The third kappa shape index (κ3) is 4.23. The molecule has 1 atom stereocenters. The molecule has 0 aromatic heterocycles. The maximum Gasteiger partial charge on any atom is 0.264 e. The fourth-order valence-electron chi connectivity index (χ4n) is 6.03. The fourth-order valence-corrected chi connectivity index (χ4v) is 6.52. The van der Waals surface area contributed by atoms with Crippen LogP contribution >= 0.6 is 0 Å². The summed E-state index contributed by atoms with van der Waals surface area (Å²) in [5.41, 5.74) is 3.83. The molecule has 1 aliphatic carbocycles. The number of rotatable bonds is 6. The van der Waals surface area contributed by atoms with Crippen molar-refractivity contribution in [2.75, 3.05) is 17.2 Å². The van der Waals surface area contributed by atoms with Crippen LogP contribution in [0.15, 0.2) is 91.0 Å². The van der Waals surface area contributed by atoms with Crippen LogP contribution < -0.4 is 4.90 Å². The van der Waals surface area contributed by atoms with E-state index in [2.05, 4.69) is 89.8 Å². The molecular weight excluding hydrogens is 466 g/mol. The van der Waals surface area contributed by atoms with Crippen LogP contribution in [0, 0.1) is 0 Å². The number of anilines is 1. The number of nitrogens with zero attached hydrogens (tertiary/aromatic N) is 1. The van der Waals surface area contributed by atoms with Crippen molar-refractivity contribution in [1.82, 2.24) is 0 Å². The highest BCUT2D eigenvalue weighted by atomic mass is 32.2. The van der Waals surface area contributed by atoms with Gasteiger partial charge in [-0.15, -0.1) is 0 Å². The van der Waals surface area contributed by atoms with Gasteiger partial charge in [0.2, 0.25) is 0 Å². The molecule has 0 heterocycles. The van der Waals surface area contributed by atoms with Crippen LogP contribution in [0.3, 0.4) is 0 Å². The molecule has 1 unspecified atom stereocenters. The third-order valence-corrected chi connectivity index (χ3v) is 8.40. The third-order valence-electron chi connectivity index (χ3n) is 7.59. The highest BCUT2D eigenvalue weighted by Gasteiger charge is 2.28. The van der Waals surface area contributed by atoms with Gasteiger partial charge in [0, 0.05) is 17.6 Å². The fraction of sp³-hybridized carbons (Fsp3) is 0.226. The molecule has 0 saturated carbocycles. The van der Waals surface area contributed by atoms with Crippen LogP contribution in [-0.4, -0.2) is 25.3 Å². The molecule has 1 N–H and O–H groups in total. The van der Waals surface area contributed by atoms with Gasteiger partial charge in [0.25, 0.3) is 10.1 Å². The van der Waals surface area contributed by atoms with Gasteiger partial charge in [-0.25, -0.2) is 0 Å². The molecule has 0 spiro atoms. The molecule has 0 amide bonds. The Balaban J connectivity index is 1.49. The van der Waals surface area contributed by atoms with Crippen molar-refractivity contribution in [3.63, 3.8) is 0 Å². The maximum absolute atomic E-state index is 11.5. The second-order valence-corrected chi connectivity index (χ2v) is 11.3. The minimum absolute atomic E-state index is 0.136. The number of benzene rings is 5. The van der Waals surface area contributed by atoms with Gasteiger partial charge in [-0.2, -0.15) is 8.42 Å². The van der Waals surface area contributed by atoms with Gasteiger partial charge in [0.1, 0.15) is 0 Å². The monoisotopic (exact) mass is 495 g/mol. The Morgan fingerprint density at radius 1 is 0.750 bits per heavy atom. The van der Waals surface area contributed by atoms with E-state index in [4.69, 9.17) is 0 Å². The van der Waals surface area contributed by atoms with E-state index in [1.165, 1.54) is 32.7 Å². The second kappa shape index (κ2) is 9.23. The summed E-state index contributed by atoms with van der Waals surface area (Å²) in [7, 11) is -4.01. The molecule has 4 nitrogen and oxygen atoms in total. The van der Waals surface area contributed by atoms with E-state index in [0.717, 1.165) is 35.7 Å². The molecule has 0 aliphatic heterocycles. The Morgan fingerprint density at radius 2 is 1.44 bits per heavy atom. The van der Waals surface area contributed by atoms with Crippen LogP contribution in [-0.2, 0) is 16.5 Å². The van der Waals surface area contributed by atoms with Gasteiger partial charge in [0.15, 0.2) is 0 Å². The normalized spacial score (nSPS) is 15.9. The summed E-state index contributed by atoms with van der Waals surface area (Å²) in [6, 6.07) is 32.4. The molecule has 5 aromatic carbocycles. The van der Waals surface area contributed by atoms with Crippen molar-refractivity contribution < 1.29 is 13.0 Å². The van der Waals surface area contributed by atoms with Crippen molar-refractivity contribution in [2.24, 2.45) is 0 Å². The predicted octanol–water partition coefficient (Wildman–Crippen LogP) is 7.31. The van der Waals surface area contributed by atoms with E-state index in [1.54, 1.807) is 0 Å². The smallest absolute Gasteiger partial charge is 0.264 e. The molecule has 5 heteroatoms.